The van der Waals surface area contributed by atoms with Gasteiger partial charge in [-0.25, -0.2) is 0 Å². The first-order chi connectivity index (χ1) is 6.57. The van der Waals surface area contributed by atoms with Gasteiger partial charge in [-0.15, -0.1) is 0 Å². The van der Waals surface area contributed by atoms with E-state index in [1.54, 1.807) is 0 Å². The molecule has 1 heterocycles. The lowest BCUT2D eigenvalue weighted by Gasteiger charge is -2.38. The molecule has 1 rings (SSSR count). The molecule has 0 amide bonds. The van der Waals surface area contributed by atoms with Gasteiger partial charge in [-0.1, -0.05) is 5.11 Å². The Bertz CT molecular complexity index is 244. The minimum atomic E-state index is -1.37. The highest BCUT2D eigenvalue weighted by atomic mass is 16.6. The molecule has 0 saturated carbocycles. The molecule has 0 radical (unpaired) electrons. The maximum absolute atomic E-state index is 9.40. The molecule has 1 fully saturated rings. The normalized spacial score (nSPS) is 43.0. The van der Waals surface area contributed by atoms with Crippen LogP contribution in [0.15, 0.2) is 5.11 Å². The molecule has 0 aromatic rings. The Kier molecular flexibility index (Phi) is 3.64. The van der Waals surface area contributed by atoms with Gasteiger partial charge in [0.05, 0.1) is 18.7 Å². The van der Waals surface area contributed by atoms with Gasteiger partial charge in [0.2, 0.25) is 0 Å². The minimum Gasteiger partial charge on any atom is -0.388 e. The molecule has 0 spiro atoms. The van der Waals surface area contributed by atoms with Crippen molar-refractivity contribution in [2.24, 2.45) is 10.8 Å². The third-order valence-corrected chi connectivity index (χ3v) is 2.09. The smallest absolute Gasteiger partial charge is 0.172 e. The number of aliphatic hydroxyl groups is 3. The summed E-state index contributed by atoms with van der Waals surface area (Å²) in [6.45, 7) is -0.168. The predicted octanol–water partition coefficient (Wildman–Crippen LogP) is -1.94. The maximum atomic E-state index is 9.40. The van der Waals surface area contributed by atoms with E-state index in [1.165, 1.54) is 0 Å². The van der Waals surface area contributed by atoms with Gasteiger partial charge in [0.15, 0.2) is 6.29 Å². The lowest BCUT2D eigenvalue weighted by Crippen LogP contribution is -2.61. The molecule has 1 saturated heterocycles. The van der Waals surface area contributed by atoms with Crippen LogP contribution in [0.5, 0.6) is 0 Å². The number of hydrogen-bond acceptors (Lipinski definition) is 6. The van der Waals surface area contributed by atoms with Crippen LogP contribution >= 0.6 is 0 Å². The molecular formula is C6H12N4O4. The fraction of sp³-hybridized carbons (Fsp3) is 1.00. The Morgan fingerprint density at radius 3 is 2.57 bits per heavy atom. The van der Waals surface area contributed by atoms with Gasteiger partial charge in [-0.05, 0) is 5.53 Å². The van der Waals surface area contributed by atoms with E-state index in [1.807, 2.05) is 0 Å². The summed E-state index contributed by atoms with van der Waals surface area (Å²) >= 11 is 0. The zero-order chi connectivity index (χ0) is 10.7. The van der Waals surface area contributed by atoms with E-state index in [-0.39, 0.29) is 6.54 Å². The van der Waals surface area contributed by atoms with Crippen molar-refractivity contribution in [3.05, 3.63) is 10.4 Å². The first kappa shape index (κ1) is 11.2. The third kappa shape index (κ3) is 2.13. The SMILES string of the molecule is [N-]=[N+]=NC[C@H]1OC(O)[C@H](N)[C@@H](O)[C@H]1O. The molecule has 0 aliphatic carbocycles. The Hall–Kier alpha value is -0.890. The molecule has 5 N–H and O–H groups in total. The van der Waals surface area contributed by atoms with Crippen LogP contribution in [-0.4, -0.2) is 52.5 Å². The standard InChI is InChI=1S/C6H12N4O4/c7-3-5(12)4(11)2(1-9-10-8)14-6(3)13/h2-6,11-13H,1,7H2/t2-,3-,4+,5-,6?/m1/s1. The van der Waals surface area contributed by atoms with Crippen molar-refractivity contribution in [3.63, 3.8) is 0 Å². The summed E-state index contributed by atoms with van der Waals surface area (Å²) in [6.07, 6.45) is -4.86. The van der Waals surface area contributed by atoms with Gasteiger partial charge in [0, 0.05) is 4.91 Å². The van der Waals surface area contributed by atoms with E-state index in [0.717, 1.165) is 0 Å². The second-order valence-electron chi connectivity index (χ2n) is 3.04. The van der Waals surface area contributed by atoms with Crippen LogP contribution in [-0.2, 0) is 4.74 Å². The van der Waals surface area contributed by atoms with Gasteiger partial charge < -0.3 is 25.8 Å². The van der Waals surface area contributed by atoms with E-state index >= 15 is 0 Å². The summed E-state index contributed by atoms with van der Waals surface area (Å²) in [5, 5.41) is 31.1. The van der Waals surface area contributed by atoms with E-state index in [9.17, 15) is 15.3 Å². The Balaban J connectivity index is 2.64. The molecule has 80 valence electrons. The van der Waals surface area contributed by atoms with E-state index in [0.29, 0.717) is 0 Å². The van der Waals surface area contributed by atoms with Crippen molar-refractivity contribution >= 4 is 0 Å². The number of azide groups is 1. The van der Waals surface area contributed by atoms with Crippen LogP contribution in [0.2, 0.25) is 0 Å². The van der Waals surface area contributed by atoms with Crippen molar-refractivity contribution in [3.8, 4) is 0 Å². The molecule has 8 heteroatoms. The number of rotatable bonds is 2. The van der Waals surface area contributed by atoms with Crippen LogP contribution in [0, 0.1) is 0 Å². The van der Waals surface area contributed by atoms with Gasteiger partial charge in [0.1, 0.15) is 12.2 Å². The summed E-state index contributed by atoms with van der Waals surface area (Å²) in [5.41, 5.74) is 13.4. The number of hydrogen-bond donors (Lipinski definition) is 4. The quantitative estimate of drug-likeness (QED) is 0.235. The van der Waals surface area contributed by atoms with Gasteiger partial charge >= 0.3 is 0 Å². The largest absolute Gasteiger partial charge is 0.388 e. The highest BCUT2D eigenvalue weighted by Gasteiger charge is 2.41. The van der Waals surface area contributed by atoms with Crippen molar-refractivity contribution in [1.29, 1.82) is 0 Å². The second kappa shape index (κ2) is 4.56. The minimum absolute atomic E-state index is 0.168. The topological polar surface area (TPSA) is 145 Å². The zero-order valence-electron chi connectivity index (χ0n) is 7.26. The summed E-state index contributed by atoms with van der Waals surface area (Å²) in [6, 6.07) is -1.06. The third-order valence-electron chi connectivity index (χ3n) is 2.09. The number of nitrogens with zero attached hydrogens (tertiary/aromatic N) is 3. The molecule has 5 atom stereocenters. The summed E-state index contributed by atoms with van der Waals surface area (Å²) in [5.74, 6) is 0. The van der Waals surface area contributed by atoms with Gasteiger partial charge in [0.25, 0.3) is 0 Å². The van der Waals surface area contributed by atoms with Crippen molar-refractivity contribution in [2.75, 3.05) is 6.54 Å². The first-order valence-electron chi connectivity index (χ1n) is 4.04. The van der Waals surface area contributed by atoms with Crippen molar-refractivity contribution < 1.29 is 20.1 Å². The molecular weight excluding hydrogens is 192 g/mol. The number of aliphatic hydroxyl groups excluding tert-OH is 3. The molecule has 1 unspecified atom stereocenters. The zero-order valence-corrected chi connectivity index (χ0v) is 7.26. The fourth-order valence-corrected chi connectivity index (χ4v) is 1.23. The first-order valence-corrected chi connectivity index (χ1v) is 4.04. The monoisotopic (exact) mass is 204 g/mol. The molecule has 0 aromatic heterocycles. The highest BCUT2D eigenvalue weighted by molar-refractivity contribution is 4.91. The van der Waals surface area contributed by atoms with Crippen molar-refractivity contribution in [2.45, 2.75) is 30.6 Å². The fourth-order valence-electron chi connectivity index (χ4n) is 1.23. The summed E-state index contributed by atoms with van der Waals surface area (Å²) in [4.78, 5) is 2.47. The van der Waals surface area contributed by atoms with E-state index in [2.05, 4.69) is 10.0 Å². The van der Waals surface area contributed by atoms with E-state index in [4.69, 9.17) is 16.0 Å². The van der Waals surface area contributed by atoms with Gasteiger partial charge in [-0.2, -0.15) is 0 Å². The van der Waals surface area contributed by atoms with Crippen LogP contribution in [0.1, 0.15) is 0 Å². The molecule has 0 aromatic carbocycles. The Labute approximate surface area is 79.5 Å². The highest BCUT2D eigenvalue weighted by Crippen LogP contribution is 2.18. The van der Waals surface area contributed by atoms with Crippen LogP contribution in [0.25, 0.3) is 10.4 Å². The average molecular weight is 204 g/mol. The second-order valence-corrected chi connectivity index (χ2v) is 3.04. The Morgan fingerprint density at radius 2 is 2.00 bits per heavy atom. The van der Waals surface area contributed by atoms with Gasteiger partial charge in [-0.3, -0.25) is 0 Å². The van der Waals surface area contributed by atoms with Crippen LogP contribution in [0.4, 0.5) is 0 Å². The van der Waals surface area contributed by atoms with Crippen LogP contribution < -0.4 is 5.73 Å². The summed E-state index contributed by atoms with van der Waals surface area (Å²) in [7, 11) is 0. The average Bonchev–Trinajstić information content (AvgIpc) is 2.18. The molecule has 1 aliphatic rings. The molecule has 8 nitrogen and oxygen atoms in total. The summed E-state index contributed by atoms with van der Waals surface area (Å²) < 4.78 is 4.84. The lowest BCUT2D eigenvalue weighted by atomic mass is 9.98. The van der Waals surface area contributed by atoms with E-state index < -0.39 is 30.6 Å². The molecule has 14 heavy (non-hydrogen) atoms. The Morgan fingerprint density at radius 1 is 1.36 bits per heavy atom. The molecule has 1 aliphatic heterocycles. The lowest BCUT2D eigenvalue weighted by molar-refractivity contribution is -0.238. The van der Waals surface area contributed by atoms with Crippen LogP contribution in [0.3, 0.4) is 0 Å². The number of ether oxygens (including phenoxy) is 1. The number of nitrogens with two attached hydrogens (primary N) is 1. The van der Waals surface area contributed by atoms with Crippen molar-refractivity contribution in [1.82, 2.24) is 0 Å². The maximum Gasteiger partial charge on any atom is 0.172 e. The predicted molar refractivity (Wildman–Crippen MR) is 44.9 cm³/mol. The molecule has 0 bridgehead atoms.